The van der Waals surface area contributed by atoms with Gasteiger partial charge >= 0.3 is 0 Å². The molecule has 0 aromatic carbocycles. The predicted molar refractivity (Wildman–Crippen MR) is 85.5 cm³/mol. The second-order valence-corrected chi connectivity index (χ2v) is 6.85. The molecular formula is C14H19IN4. The van der Waals surface area contributed by atoms with Gasteiger partial charge in [0.15, 0.2) is 5.82 Å². The van der Waals surface area contributed by atoms with Crippen LogP contribution in [0.3, 0.4) is 0 Å². The Morgan fingerprint density at radius 2 is 2.05 bits per heavy atom. The van der Waals surface area contributed by atoms with E-state index in [4.69, 9.17) is 4.98 Å². The van der Waals surface area contributed by atoms with Crippen molar-refractivity contribution in [2.45, 2.75) is 32.7 Å². The van der Waals surface area contributed by atoms with Crippen molar-refractivity contribution < 1.29 is 0 Å². The minimum Gasteiger partial charge on any atom is -0.316 e. The van der Waals surface area contributed by atoms with Crippen LogP contribution in [0.1, 0.15) is 32.0 Å². The molecule has 0 aliphatic heterocycles. The van der Waals surface area contributed by atoms with E-state index >= 15 is 0 Å². The molecule has 0 saturated heterocycles. The van der Waals surface area contributed by atoms with Crippen LogP contribution in [0, 0.1) is 3.57 Å². The number of hydrogen-bond donors (Lipinski definition) is 1. The summed E-state index contributed by atoms with van der Waals surface area (Å²) < 4.78 is 2.94. The van der Waals surface area contributed by atoms with E-state index in [1.807, 2.05) is 24.1 Å². The molecule has 19 heavy (non-hydrogen) atoms. The van der Waals surface area contributed by atoms with Crippen LogP contribution in [0.15, 0.2) is 24.5 Å². The molecule has 0 bridgehead atoms. The molecule has 0 fully saturated rings. The first kappa shape index (κ1) is 14.5. The standard InChI is InChI=1S/C14H19IN4/c1-14(2,3)12-5-10(7-16-4)6-13(18-12)19-9-11(15)8-17-19/h5-6,8-9,16H,7H2,1-4H3. The van der Waals surface area contributed by atoms with E-state index in [1.54, 1.807) is 0 Å². The van der Waals surface area contributed by atoms with E-state index < -0.39 is 0 Å². The van der Waals surface area contributed by atoms with Gasteiger partial charge in [-0.25, -0.2) is 9.67 Å². The third kappa shape index (κ3) is 3.54. The van der Waals surface area contributed by atoms with E-state index in [0.717, 1.165) is 21.6 Å². The lowest BCUT2D eigenvalue weighted by Gasteiger charge is -2.20. The number of nitrogens with zero attached hydrogens (tertiary/aromatic N) is 3. The van der Waals surface area contributed by atoms with Crippen LogP contribution in [0.2, 0.25) is 0 Å². The molecule has 0 atom stereocenters. The van der Waals surface area contributed by atoms with Crippen molar-refractivity contribution in [3.8, 4) is 5.82 Å². The van der Waals surface area contributed by atoms with Gasteiger partial charge in [-0.05, 0) is 47.3 Å². The smallest absolute Gasteiger partial charge is 0.153 e. The number of hydrogen-bond acceptors (Lipinski definition) is 3. The van der Waals surface area contributed by atoms with Gasteiger partial charge in [0.1, 0.15) is 0 Å². The maximum Gasteiger partial charge on any atom is 0.153 e. The van der Waals surface area contributed by atoms with Crippen molar-refractivity contribution in [2.24, 2.45) is 0 Å². The molecule has 2 aromatic heterocycles. The Bertz CT molecular complexity index is 569. The van der Waals surface area contributed by atoms with Gasteiger partial charge in [0.2, 0.25) is 0 Å². The maximum atomic E-state index is 4.74. The molecule has 0 spiro atoms. The van der Waals surface area contributed by atoms with Crippen molar-refractivity contribution in [3.05, 3.63) is 39.4 Å². The molecule has 0 saturated carbocycles. The third-order valence-electron chi connectivity index (χ3n) is 2.81. The molecule has 1 N–H and O–H groups in total. The molecule has 2 aromatic rings. The molecule has 0 unspecified atom stereocenters. The molecular weight excluding hydrogens is 351 g/mol. The highest BCUT2D eigenvalue weighted by molar-refractivity contribution is 14.1. The lowest BCUT2D eigenvalue weighted by molar-refractivity contribution is 0.564. The van der Waals surface area contributed by atoms with Gasteiger partial charge in [0.05, 0.1) is 9.77 Å². The van der Waals surface area contributed by atoms with Crippen LogP contribution >= 0.6 is 22.6 Å². The summed E-state index contributed by atoms with van der Waals surface area (Å²) in [6.45, 7) is 7.36. The average molecular weight is 370 g/mol. The van der Waals surface area contributed by atoms with Crippen molar-refractivity contribution in [1.82, 2.24) is 20.1 Å². The van der Waals surface area contributed by atoms with Crippen molar-refractivity contribution in [2.75, 3.05) is 7.05 Å². The van der Waals surface area contributed by atoms with Crippen molar-refractivity contribution >= 4 is 22.6 Å². The maximum absolute atomic E-state index is 4.74. The van der Waals surface area contributed by atoms with Crippen LogP contribution in [0.5, 0.6) is 0 Å². The number of aromatic nitrogens is 3. The summed E-state index contributed by atoms with van der Waals surface area (Å²) in [5, 5.41) is 7.52. The fourth-order valence-corrected chi connectivity index (χ4v) is 2.19. The molecule has 5 heteroatoms. The lowest BCUT2D eigenvalue weighted by Crippen LogP contribution is -2.17. The Hall–Kier alpha value is -0.950. The Balaban J connectivity index is 2.51. The first-order chi connectivity index (χ1) is 8.90. The Morgan fingerprint density at radius 1 is 1.32 bits per heavy atom. The Labute approximate surface area is 127 Å². The van der Waals surface area contributed by atoms with Gasteiger partial charge < -0.3 is 5.32 Å². The quantitative estimate of drug-likeness (QED) is 0.845. The number of pyridine rings is 1. The highest BCUT2D eigenvalue weighted by atomic mass is 127. The Kier molecular flexibility index (Phi) is 4.25. The number of halogens is 1. The summed E-state index contributed by atoms with van der Waals surface area (Å²) in [4.78, 5) is 4.74. The summed E-state index contributed by atoms with van der Waals surface area (Å²) in [7, 11) is 1.95. The number of nitrogens with one attached hydrogen (secondary N) is 1. The molecule has 0 aliphatic rings. The monoisotopic (exact) mass is 370 g/mol. The van der Waals surface area contributed by atoms with Crippen LogP contribution < -0.4 is 5.32 Å². The third-order valence-corrected chi connectivity index (χ3v) is 3.36. The summed E-state index contributed by atoms with van der Waals surface area (Å²) in [6, 6.07) is 4.24. The van der Waals surface area contributed by atoms with E-state index in [2.05, 4.69) is 65.9 Å². The van der Waals surface area contributed by atoms with Gasteiger partial charge in [0, 0.05) is 23.9 Å². The lowest BCUT2D eigenvalue weighted by atomic mass is 9.90. The largest absolute Gasteiger partial charge is 0.316 e. The average Bonchev–Trinajstić information content (AvgIpc) is 2.75. The second kappa shape index (κ2) is 5.58. The van der Waals surface area contributed by atoms with E-state index in [1.165, 1.54) is 5.56 Å². The molecule has 0 radical (unpaired) electrons. The fourth-order valence-electron chi connectivity index (χ4n) is 1.80. The molecule has 2 heterocycles. The summed E-state index contributed by atoms with van der Waals surface area (Å²) in [6.07, 6.45) is 3.82. The highest BCUT2D eigenvalue weighted by Crippen LogP contribution is 2.23. The van der Waals surface area contributed by atoms with E-state index in [-0.39, 0.29) is 5.41 Å². The van der Waals surface area contributed by atoms with Crippen molar-refractivity contribution in [3.63, 3.8) is 0 Å². The van der Waals surface area contributed by atoms with Gasteiger partial charge in [-0.2, -0.15) is 5.10 Å². The van der Waals surface area contributed by atoms with Gasteiger partial charge in [-0.1, -0.05) is 20.8 Å². The molecule has 4 nitrogen and oxygen atoms in total. The van der Waals surface area contributed by atoms with Crippen LogP contribution in [-0.2, 0) is 12.0 Å². The summed E-state index contributed by atoms with van der Waals surface area (Å²) in [5.74, 6) is 0.876. The van der Waals surface area contributed by atoms with Gasteiger partial charge in [-0.15, -0.1) is 0 Å². The van der Waals surface area contributed by atoms with E-state index in [9.17, 15) is 0 Å². The predicted octanol–water partition coefficient (Wildman–Crippen LogP) is 2.89. The van der Waals surface area contributed by atoms with Crippen LogP contribution in [-0.4, -0.2) is 21.8 Å². The zero-order valence-electron chi connectivity index (χ0n) is 11.7. The van der Waals surface area contributed by atoms with E-state index in [0.29, 0.717) is 0 Å². The fraction of sp³-hybridized carbons (Fsp3) is 0.429. The SMILES string of the molecule is CNCc1cc(-n2cc(I)cn2)nc(C(C)(C)C)c1. The molecule has 0 aliphatic carbocycles. The zero-order valence-corrected chi connectivity index (χ0v) is 13.9. The number of rotatable bonds is 3. The zero-order chi connectivity index (χ0) is 14.0. The van der Waals surface area contributed by atoms with Crippen molar-refractivity contribution in [1.29, 1.82) is 0 Å². The molecule has 2 rings (SSSR count). The van der Waals surface area contributed by atoms with Crippen LogP contribution in [0.4, 0.5) is 0 Å². The first-order valence-corrected chi connectivity index (χ1v) is 7.34. The van der Waals surface area contributed by atoms with Gasteiger partial charge in [0.25, 0.3) is 0 Å². The summed E-state index contributed by atoms with van der Waals surface area (Å²) >= 11 is 2.25. The van der Waals surface area contributed by atoms with Gasteiger partial charge in [-0.3, -0.25) is 0 Å². The highest BCUT2D eigenvalue weighted by Gasteiger charge is 2.17. The molecule has 102 valence electrons. The normalized spacial score (nSPS) is 11.8. The minimum atomic E-state index is 0.0266. The second-order valence-electron chi connectivity index (χ2n) is 5.60. The molecule has 0 amide bonds. The summed E-state index contributed by atoms with van der Waals surface area (Å²) in [5.41, 5.74) is 2.34. The topological polar surface area (TPSA) is 42.7 Å². The Morgan fingerprint density at radius 3 is 2.58 bits per heavy atom. The van der Waals surface area contributed by atoms with Crippen LogP contribution in [0.25, 0.3) is 5.82 Å². The minimum absolute atomic E-state index is 0.0266. The first-order valence-electron chi connectivity index (χ1n) is 6.27.